The molecule has 1 amide bonds. The molecular weight excluding hydrogens is 246 g/mol. The first-order valence-corrected chi connectivity index (χ1v) is 6.16. The molecule has 1 saturated heterocycles. The minimum absolute atomic E-state index is 0.161. The Balaban J connectivity index is 0.000000741. The molecule has 7 heteroatoms. The summed E-state index contributed by atoms with van der Waals surface area (Å²) in [6.07, 6.45) is 3.58. The van der Waals surface area contributed by atoms with Crippen LogP contribution < -0.4 is 11.5 Å². The second-order valence-corrected chi connectivity index (χ2v) is 3.64. The number of nitrogen functional groups attached to an aromatic ring is 1. The number of amides is 1. The van der Waals surface area contributed by atoms with Gasteiger partial charge in [-0.15, -0.1) is 0 Å². The maximum absolute atomic E-state index is 11.0. The molecule has 0 spiro atoms. The Bertz CT molecular complexity index is 407. The smallest absolute Gasteiger partial charge is 0.254 e. The van der Waals surface area contributed by atoms with Crippen LogP contribution in [0.2, 0.25) is 0 Å². The first-order chi connectivity index (χ1) is 9.18. The molecule has 1 aliphatic heterocycles. The SMILES string of the molecule is C#N.CC.NC(=O)c1cn(C2CCCOC2)nc1N. The third-order valence-electron chi connectivity index (χ3n) is 2.54. The highest BCUT2D eigenvalue weighted by atomic mass is 16.5. The fourth-order valence-corrected chi connectivity index (χ4v) is 1.71. The second kappa shape index (κ2) is 8.94. The largest absolute Gasteiger partial charge is 0.382 e. The summed E-state index contributed by atoms with van der Waals surface area (Å²) in [6.45, 7) is 8.90. The van der Waals surface area contributed by atoms with E-state index in [4.69, 9.17) is 21.5 Å². The van der Waals surface area contributed by atoms with Crippen LogP contribution in [0.5, 0.6) is 0 Å². The molecule has 1 fully saturated rings. The Labute approximate surface area is 113 Å². The van der Waals surface area contributed by atoms with Gasteiger partial charge in [0.05, 0.1) is 12.6 Å². The van der Waals surface area contributed by atoms with E-state index >= 15 is 0 Å². The molecule has 19 heavy (non-hydrogen) atoms. The normalized spacial score (nSPS) is 17.4. The van der Waals surface area contributed by atoms with E-state index in [1.807, 2.05) is 13.8 Å². The molecule has 0 radical (unpaired) electrons. The lowest BCUT2D eigenvalue weighted by atomic mass is 10.1. The predicted octanol–water partition coefficient (Wildman–Crippen LogP) is 1.08. The quantitative estimate of drug-likeness (QED) is 0.830. The Morgan fingerprint density at radius 3 is 2.63 bits per heavy atom. The maximum Gasteiger partial charge on any atom is 0.254 e. The summed E-state index contributed by atoms with van der Waals surface area (Å²) in [6, 6.07) is 0.161. The van der Waals surface area contributed by atoms with Crippen molar-refractivity contribution in [2.24, 2.45) is 5.73 Å². The lowest BCUT2D eigenvalue weighted by Gasteiger charge is -2.22. The Kier molecular flexibility index (Phi) is 7.97. The van der Waals surface area contributed by atoms with E-state index in [-0.39, 0.29) is 17.4 Å². The summed E-state index contributed by atoms with van der Waals surface area (Å²) in [4.78, 5) is 11.0. The first-order valence-electron chi connectivity index (χ1n) is 6.16. The highest BCUT2D eigenvalue weighted by Gasteiger charge is 2.19. The zero-order valence-corrected chi connectivity index (χ0v) is 11.4. The predicted molar refractivity (Wildman–Crippen MR) is 72.3 cm³/mol. The summed E-state index contributed by atoms with van der Waals surface area (Å²) in [7, 11) is 0. The third kappa shape index (κ3) is 4.60. The van der Waals surface area contributed by atoms with Gasteiger partial charge in [0.2, 0.25) is 0 Å². The van der Waals surface area contributed by atoms with E-state index in [0.29, 0.717) is 6.61 Å². The van der Waals surface area contributed by atoms with Crippen molar-refractivity contribution < 1.29 is 9.53 Å². The number of hydrogen-bond donors (Lipinski definition) is 2. The fourth-order valence-electron chi connectivity index (χ4n) is 1.71. The molecule has 0 saturated carbocycles. The van der Waals surface area contributed by atoms with E-state index < -0.39 is 5.91 Å². The molecule has 7 nitrogen and oxygen atoms in total. The van der Waals surface area contributed by atoms with Crippen LogP contribution in [-0.2, 0) is 4.74 Å². The molecule has 1 aliphatic rings. The minimum atomic E-state index is -0.546. The van der Waals surface area contributed by atoms with Crippen LogP contribution >= 0.6 is 0 Å². The van der Waals surface area contributed by atoms with Crippen LogP contribution in [0.15, 0.2) is 6.20 Å². The van der Waals surface area contributed by atoms with Crippen molar-refractivity contribution in [3.63, 3.8) is 0 Å². The number of nitrogens with zero attached hydrogens (tertiary/aromatic N) is 3. The van der Waals surface area contributed by atoms with Crippen molar-refractivity contribution in [1.82, 2.24) is 9.78 Å². The number of hydrogen-bond acceptors (Lipinski definition) is 5. The average molecular weight is 267 g/mol. The van der Waals surface area contributed by atoms with Crippen molar-refractivity contribution in [2.75, 3.05) is 18.9 Å². The van der Waals surface area contributed by atoms with Crippen LogP contribution in [0.25, 0.3) is 0 Å². The minimum Gasteiger partial charge on any atom is -0.382 e. The summed E-state index contributed by atoms with van der Waals surface area (Å²) in [5.74, 6) is -0.358. The van der Waals surface area contributed by atoms with Gasteiger partial charge in [-0.25, -0.2) is 5.26 Å². The first kappa shape index (κ1) is 16.9. The van der Waals surface area contributed by atoms with Gasteiger partial charge in [-0.3, -0.25) is 9.48 Å². The van der Waals surface area contributed by atoms with Crippen molar-refractivity contribution in [1.29, 1.82) is 5.26 Å². The van der Waals surface area contributed by atoms with Gasteiger partial charge in [0.25, 0.3) is 5.91 Å². The van der Waals surface area contributed by atoms with E-state index in [1.54, 1.807) is 10.9 Å². The van der Waals surface area contributed by atoms with Crippen LogP contribution in [0, 0.1) is 11.8 Å². The molecule has 2 heterocycles. The number of anilines is 1. The molecule has 1 aromatic rings. The van der Waals surface area contributed by atoms with Gasteiger partial charge < -0.3 is 16.2 Å². The molecule has 4 N–H and O–H groups in total. The lowest BCUT2D eigenvalue weighted by Crippen LogP contribution is -2.21. The maximum atomic E-state index is 11.0. The van der Waals surface area contributed by atoms with Gasteiger partial charge in [0, 0.05) is 19.4 Å². The molecule has 0 aliphatic carbocycles. The molecule has 0 bridgehead atoms. The highest BCUT2D eigenvalue weighted by molar-refractivity contribution is 5.96. The van der Waals surface area contributed by atoms with Crippen LogP contribution in [-0.4, -0.2) is 28.9 Å². The fraction of sp³-hybridized carbons (Fsp3) is 0.583. The second-order valence-electron chi connectivity index (χ2n) is 3.64. The molecule has 106 valence electrons. The highest BCUT2D eigenvalue weighted by Crippen LogP contribution is 2.20. The van der Waals surface area contributed by atoms with Crippen molar-refractivity contribution in [3.8, 4) is 6.57 Å². The van der Waals surface area contributed by atoms with Gasteiger partial charge in [-0.05, 0) is 12.8 Å². The van der Waals surface area contributed by atoms with Gasteiger partial charge in [-0.1, -0.05) is 13.8 Å². The number of rotatable bonds is 2. The van der Waals surface area contributed by atoms with Crippen molar-refractivity contribution in [2.45, 2.75) is 32.7 Å². The molecule has 2 rings (SSSR count). The Hall–Kier alpha value is -2.07. The van der Waals surface area contributed by atoms with Crippen LogP contribution in [0.1, 0.15) is 43.1 Å². The zero-order valence-electron chi connectivity index (χ0n) is 11.4. The van der Waals surface area contributed by atoms with Crippen LogP contribution in [0.3, 0.4) is 0 Å². The lowest BCUT2D eigenvalue weighted by molar-refractivity contribution is 0.0550. The van der Waals surface area contributed by atoms with Gasteiger partial charge in [-0.2, -0.15) is 5.10 Å². The standard InChI is InChI=1S/C9H14N4O2.C2H6.CHN/c10-8-7(9(11)14)4-13(12-8)6-2-1-3-15-5-6;2*1-2/h4,6H,1-3,5H2,(H2,10,12)(H2,11,14);1-2H3;1H. The van der Waals surface area contributed by atoms with E-state index in [9.17, 15) is 4.79 Å². The summed E-state index contributed by atoms with van der Waals surface area (Å²) >= 11 is 0. The van der Waals surface area contributed by atoms with Crippen molar-refractivity contribution in [3.05, 3.63) is 11.8 Å². The number of nitriles is 1. The zero-order chi connectivity index (χ0) is 14.8. The number of carbonyl (C=O) groups excluding carboxylic acids is 1. The van der Waals surface area contributed by atoms with Gasteiger partial charge in [0.1, 0.15) is 5.56 Å². The summed E-state index contributed by atoms with van der Waals surface area (Å²) in [5.41, 5.74) is 11.0. The number of ether oxygens (including phenoxy) is 1. The number of primary amides is 1. The van der Waals surface area contributed by atoms with E-state index in [1.165, 1.54) is 0 Å². The molecular formula is C12H21N5O2. The van der Waals surface area contributed by atoms with Crippen LogP contribution in [0.4, 0.5) is 5.82 Å². The monoisotopic (exact) mass is 267 g/mol. The number of carbonyl (C=O) groups is 1. The topological polar surface area (TPSA) is 120 Å². The Morgan fingerprint density at radius 1 is 1.58 bits per heavy atom. The summed E-state index contributed by atoms with van der Waals surface area (Å²) < 4.78 is 7.00. The summed E-state index contributed by atoms with van der Waals surface area (Å²) in [5, 5.41) is 10.6. The van der Waals surface area contributed by atoms with Gasteiger partial charge >= 0.3 is 0 Å². The Morgan fingerprint density at radius 2 is 2.21 bits per heavy atom. The van der Waals surface area contributed by atoms with E-state index in [0.717, 1.165) is 19.4 Å². The van der Waals surface area contributed by atoms with Crippen molar-refractivity contribution >= 4 is 11.7 Å². The molecule has 1 unspecified atom stereocenters. The molecule has 1 atom stereocenters. The third-order valence-corrected chi connectivity index (χ3v) is 2.54. The number of aromatic nitrogens is 2. The average Bonchev–Trinajstić information content (AvgIpc) is 2.86. The van der Waals surface area contributed by atoms with E-state index in [2.05, 4.69) is 11.7 Å². The number of nitrogens with two attached hydrogens (primary N) is 2. The van der Waals surface area contributed by atoms with Gasteiger partial charge in [0.15, 0.2) is 5.82 Å². The molecule has 1 aromatic heterocycles. The molecule has 0 aromatic carbocycles.